The fourth-order valence-electron chi connectivity index (χ4n) is 1.65. The summed E-state index contributed by atoms with van der Waals surface area (Å²) in [5, 5.41) is 11.8. The molecule has 1 N–H and O–H groups in total. The van der Waals surface area contributed by atoms with Crippen molar-refractivity contribution < 1.29 is 18.7 Å². The molecule has 1 aromatic heterocycles. The third kappa shape index (κ3) is 6.43. The average Bonchev–Trinajstić information content (AvgIpc) is 3.05. The highest BCUT2D eigenvalue weighted by atomic mass is 16.5. The van der Waals surface area contributed by atoms with Crippen LogP contribution >= 0.6 is 0 Å². The molecule has 1 rings (SSSR count). The Bertz CT molecular complexity index is 497. The molecule has 0 aliphatic rings. The molecule has 7 nitrogen and oxygen atoms in total. The summed E-state index contributed by atoms with van der Waals surface area (Å²) in [6.07, 6.45) is 3.05. The Morgan fingerprint density at radius 2 is 2.09 bits per heavy atom. The van der Waals surface area contributed by atoms with Crippen molar-refractivity contribution in [2.45, 2.75) is 6.54 Å². The molecule has 7 heteroatoms. The van der Waals surface area contributed by atoms with Crippen LogP contribution in [0.5, 0.6) is 0 Å². The molecule has 1 amide bonds. The lowest BCUT2D eigenvalue weighted by atomic mass is 10.2. The first-order valence-corrected chi connectivity index (χ1v) is 6.85. The minimum Gasteiger partial charge on any atom is -0.467 e. The number of nitriles is 1. The first-order chi connectivity index (χ1) is 10.7. The second kappa shape index (κ2) is 10.4. The Hall–Kier alpha value is -2.30. The number of nitrogens with one attached hydrogen (secondary N) is 1. The van der Waals surface area contributed by atoms with Crippen molar-refractivity contribution in [3.8, 4) is 6.07 Å². The van der Waals surface area contributed by atoms with E-state index < -0.39 is 5.91 Å². The summed E-state index contributed by atoms with van der Waals surface area (Å²) in [4.78, 5) is 13.8. The fraction of sp³-hybridized carbons (Fsp3) is 0.467. The van der Waals surface area contributed by atoms with E-state index in [-0.39, 0.29) is 12.1 Å². The average molecular weight is 307 g/mol. The lowest BCUT2D eigenvalue weighted by Gasteiger charge is -2.20. The Morgan fingerprint density at radius 1 is 1.41 bits per heavy atom. The van der Waals surface area contributed by atoms with Crippen molar-refractivity contribution in [2.24, 2.45) is 0 Å². The van der Waals surface area contributed by atoms with Crippen LogP contribution < -0.4 is 5.32 Å². The van der Waals surface area contributed by atoms with Gasteiger partial charge in [-0.05, 0) is 12.1 Å². The molecule has 0 unspecified atom stereocenters. The Balaban J connectivity index is 2.63. The van der Waals surface area contributed by atoms with E-state index >= 15 is 0 Å². The third-order valence-electron chi connectivity index (χ3n) is 2.85. The predicted molar refractivity (Wildman–Crippen MR) is 79.6 cm³/mol. The van der Waals surface area contributed by atoms with Gasteiger partial charge in [0.15, 0.2) is 0 Å². The van der Waals surface area contributed by atoms with Crippen LogP contribution in [0, 0.1) is 11.3 Å². The number of hydrogen-bond acceptors (Lipinski definition) is 6. The van der Waals surface area contributed by atoms with Crippen LogP contribution in [0.15, 0.2) is 34.6 Å². The number of furan rings is 1. The van der Waals surface area contributed by atoms with Crippen LogP contribution in [0.25, 0.3) is 0 Å². The number of nitrogens with zero attached hydrogens (tertiary/aromatic N) is 2. The maximum absolute atomic E-state index is 12.0. The molecule has 1 heterocycles. The summed E-state index contributed by atoms with van der Waals surface area (Å²) in [6.45, 7) is 2.36. The topological polar surface area (TPSA) is 87.7 Å². The number of amides is 1. The van der Waals surface area contributed by atoms with Gasteiger partial charge < -0.3 is 24.1 Å². The van der Waals surface area contributed by atoms with E-state index in [4.69, 9.17) is 19.2 Å². The molecule has 0 saturated heterocycles. The van der Waals surface area contributed by atoms with Crippen molar-refractivity contribution in [1.82, 2.24) is 10.2 Å². The first-order valence-electron chi connectivity index (χ1n) is 6.85. The molecule has 0 aliphatic heterocycles. The molecule has 0 saturated carbocycles. The van der Waals surface area contributed by atoms with E-state index in [1.54, 1.807) is 26.4 Å². The largest absolute Gasteiger partial charge is 0.467 e. The summed E-state index contributed by atoms with van der Waals surface area (Å²) in [5.74, 6) is 0.181. The maximum Gasteiger partial charge on any atom is 0.263 e. The van der Waals surface area contributed by atoms with Crippen LogP contribution in [-0.2, 0) is 20.8 Å². The number of rotatable bonds is 10. The summed E-state index contributed by atoms with van der Waals surface area (Å²) in [5.41, 5.74) is 0.0266. The minimum atomic E-state index is -0.446. The van der Waals surface area contributed by atoms with Crippen molar-refractivity contribution >= 4 is 5.91 Å². The zero-order valence-corrected chi connectivity index (χ0v) is 12.9. The number of methoxy groups -OCH3 is 2. The highest BCUT2D eigenvalue weighted by Gasteiger charge is 2.11. The van der Waals surface area contributed by atoms with Crippen LogP contribution in [0.4, 0.5) is 0 Å². The van der Waals surface area contributed by atoms with E-state index in [1.807, 2.05) is 11.0 Å². The quantitative estimate of drug-likeness (QED) is 0.510. The molecular weight excluding hydrogens is 286 g/mol. The van der Waals surface area contributed by atoms with Gasteiger partial charge in [0, 0.05) is 33.5 Å². The first kappa shape index (κ1) is 17.8. The molecule has 0 aromatic carbocycles. The summed E-state index contributed by atoms with van der Waals surface area (Å²) < 4.78 is 15.2. The molecule has 22 heavy (non-hydrogen) atoms. The monoisotopic (exact) mass is 307 g/mol. The van der Waals surface area contributed by atoms with Crippen LogP contribution in [0.3, 0.4) is 0 Å². The van der Waals surface area contributed by atoms with Gasteiger partial charge in [0.25, 0.3) is 5.91 Å². The number of carbonyl (C=O) groups excluding carboxylic acids is 1. The number of ether oxygens (including phenoxy) is 2. The van der Waals surface area contributed by atoms with E-state index in [1.165, 1.54) is 12.5 Å². The summed E-state index contributed by atoms with van der Waals surface area (Å²) in [6, 6.07) is 5.40. The van der Waals surface area contributed by atoms with Crippen molar-refractivity contribution in [3.05, 3.63) is 35.9 Å². The molecular formula is C15H21N3O4. The zero-order chi connectivity index (χ0) is 16.2. The number of hydrogen-bond donors (Lipinski definition) is 1. The standard InChI is InChI=1S/C15H21N3O4/c1-20-8-5-18(6-9-21-2)12-13(10-16)15(19)17-11-14-4-3-7-22-14/h3-4,7,12H,5-6,8-9,11H2,1-2H3,(H,17,19)/b13-12-. The summed E-state index contributed by atoms with van der Waals surface area (Å²) in [7, 11) is 3.19. The van der Waals surface area contributed by atoms with Crippen molar-refractivity contribution in [2.75, 3.05) is 40.5 Å². The number of carbonyl (C=O) groups is 1. The van der Waals surface area contributed by atoms with Gasteiger partial charge in [-0.15, -0.1) is 0 Å². The van der Waals surface area contributed by atoms with E-state index in [0.717, 1.165) is 0 Å². The van der Waals surface area contributed by atoms with Gasteiger partial charge in [-0.2, -0.15) is 5.26 Å². The Labute approximate surface area is 130 Å². The van der Waals surface area contributed by atoms with E-state index in [9.17, 15) is 4.79 Å². The minimum absolute atomic E-state index is 0.0266. The zero-order valence-electron chi connectivity index (χ0n) is 12.9. The molecule has 0 radical (unpaired) electrons. The molecule has 1 aromatic rings. The van der Waals surface area contributed by atoms with E-state index in [0.29, 0.717) is 32.1 Å². The molecule has 0 atom stereocenters. The van der Waals surface area contributed by atoms with Gasteiger partial charge >= 0.3 is 0 Å². The van der Waals surface area contributed by atoms with Gasteiger partial charge in [0.2, 0.25) is 0 Å². The summed E-state index contributed by atoms with van der Waals surface area (Å²) >= 11 is 0. The normalized spacial score (nSPS) is 11.0. The van der Waals surface area contributed by atoms with E-state index in [2.05, 4.69) is 5.32 Å². The smallest absolute Gasteiger partial charge is 0.263 e. The maximum atomic E-state index is 12.0. The lowest BCUT2D eigenvalue weighted by molar-refractivity contribution is -0.117. The Kier molecular flexibility index (Phi) is 8.42. The Morgan fingerprint density at radius 3 is 2.59 bits per heavy atom. The lowest BCUT2D eigenvalue weighted by Crippen LogP contribution is -2.29. The predicted octanol–water partition coefficient (Wildman–Crippen LogP) is 0.898. The van der Waals surface area contributed by atoms with Gasteiger partial charge in [0.05, 0.1) is 26.0 Å². The second-order valence-electron chi connectivity index (χ2n) is 4.44. The molecule has 120 valence electrons. The van der Waals surface area contributed by atoms with Gasteiger partial charge in [-0.3, -0.25) is 4.79 Å². The molecule has 0 fully saturated rings. The molecule has 0 aliphatic carbocycles. The van der Waals surface area contributed by atoms with Crippen LogP contribution in [-0.4, -0.2) is 51.3 Å². The third-order valence-corrected chi connectivity index (χ3v) is 2.85. The van der Waals surface area contributed by atoms with Gasteiger partial charge in [0.1, 0.15) is 17.4 Å². The van der Waals surface area contributed by atoms with Crippen molar-refractivity contribution in [1.29, 1.82) is 5.26 Å². The van der Waals surface area contributed by atoms with Gasteiger partial charge in [-0.1, -0.05) is 0 Å². The second-order valence-corrected chi connectivity index (χ2v) is 4.44. The highest BCUT2D eigenvalue weighted by Crippen LogP contribution is 2.02. The molecule has 0 spiro atoms. The van der Waals surface area contributed by atoms with Gasteiger partial charge in [-0.25, -0.2) is 0 Å². The fourth-order valence-corrected chi connectivity index (χ4v) is 1.65. The van der Waals surface area contributed by atoms with Crippen LogP contribution in [0.2, 0.25) is 0 Å². The highest BCUT2D eigenvalue weighted by molar-refractivity contribution is 5.97. The van der Waals surface area contributed by atoms with Crippen molar-refractivity contribution in [3.63, 3.8) is 0 Å². The SMILES string of the molecule is COCCN(/C=C(/C#N)C(=O)NCc1ccco1)CCOC. The molecule has 0 bridgehead atoms. The van der Waals surface area contributed by atoms with Crippen LogP contribution in [0.1, 0.15) is 5.76 Å².